The molecule has 0 unspecified atom stereocenters. The van der Waals surface area contributed by atoms with Crippen LogP contribution in [0.2, 0.25) is 0 Å². The molecule has 8 heteroatoms. The van der Waals surface area contributed by atoms with E-state index < -0.39 is 12.3 Å². The molecule has 0 aliphatic carbocycles. The Bertz CT molecular complexity index is 69.6. The van der Waals surface area contributed by atoms with Gasteiger partial charge in [-0.05, 0) is 0 Å². The molecule has 0 aromatic heterocycles. The van der Waals surface area contributed by atoms with Crippen LogP contribution in [-0.4, -0.2) is 57.1 Å². The molecular weight excluding hydrogens is 143 g/mol. The summed E-state index contributed by atoms with van der Waals surface area (Å²) in [6.45, 7) is 0. The van der Waals surface area contributed by atoms with E-state index in [4.69, 9.17) is 30.0 Å². The summed E-state index contributed by atoms with van der Waals surface area (Å²) in [5.74, 6) is 0. The molecule has 7 nitrogen and oxygen atoms in total. The van der Waals surface area contributed by atoms with E-state index in [1.165, 1.54) is 0 Å². The van der Waals surface area contributed by atoms with Crippen molar-refractivity contribution in [2.24, 2.45) is 0 Å². The van der Waals surface area contributed by atoms with Crippen molar-refractivity contribution in [2.75, 3.05) is 0 Å². The summed E-state index contributed by atoms with van der Waals surface area (Å²) in [4.78, 5) is 17.1. The number of hydrogen-bond donors (Lipinski definition) is 4. The van der Waals surface area contributed by atoms with Crippen LogP contribution in [0.25, 0.3) is 0 Å². The van der Waals surface area contributed by atoms with Gasteiger partial charge in [-0.1, -0.05) is 0 Å². The van der Waals surface area contributed by atoms with Crippen LogP contribution in [0.5, 0.6) is 0 Å². The first-order valence-corrected chi connectivity index (χ1v) is 1.30. The Balaban J connectivity index is -0.0000000300. The van der Waals surface area contributed by atoms with E-state index in [2.05, 4.69) is 0 Å². The third-order valence-corrected chi connectivity index (χ3v) is 0. The fourth-order valence-corrected chi connectivity index (χ4v) is 0. The number of hydrogen-bond acceptors (Lipinski definition) is 2. The van der Waals surface area contributed by atoms with Crippen molar-refractivity contribution in [3.8, 4) is 0 Å². The van der Waals surface area contributed by atoms with Crippen LogP contribution >= 0.6 is 0 Å². The van der Waals surface area contributed by atoms with Crippen molar-refractivity contribution in [1.82, 2.24) is 0 Å². The van der Waals surface area contributed by atoms with Gasteiger partial charge in [0.05, 0.1) is 0 Å². The first kappa shape index (κ1) is 23.0. The summed E-state index contributed by atoms with van der Waals surface area (Å²) in [5.41, 5.74) is 0. The predicted molar refractivity (Wildman–Crippen MR) is 32.1 cm³/mol. The molecule has 0 aromatic rings. The number of carboxylic acid groups (broad SMARTS) is 4. The Kier molecular flexibility index (Phi) is 36.0. The van der Waals surface area contributed by atoms with Gasteiger partial charge in [0.1, 0.15) is 0 Å². The molecule has 0 aromatic carbocycles. The first-order valence-electron chi connectivity index (χ1n) is 1.30. The summed E-state index contributed by atoms with van der Waals surface area (Å²) < 4.78 is 0. The fourth-order valence-electron chi connectivity index (χ4n) is 0. The molecule has 0 aliphatic rings. The van der Waals surface area contributed by atoms with E-state index in [-0.39, 0.29) is 24.3 Å². The van der Waals surface area contributed by atoms with Crippen LogP contribution < -0.4 is 0 Å². The third-order valence-electron chi connectivity index (χ3n) is 0. The molecular formula is C2H7LiO7. The Morgan fingerprint density at radius 3 is 0.800 bits per heavy atom. The van der Waals surface area contributed by atoms with E-state index in [1.54, 1.807) is 0 Å². The summed E-state index contributed by atoms with van der Waals surface area (Å²) in [5, 5.41) is 27.9. The van der Waals surface area contributed by atoms with E-state index in [0.29, 0.717) is 0 Å². The predicted octanol–water partition coefficient (Wildman–Crippen LogP) is -1.03. The number of rotatable bonds is 0. The summed E-state index contributed by atoms with van der Waals surface area (Å²) in [6, 6.07) is 0. The van der Waals surface area contributed by atoms with Gasteiger partial charge in [0.2, 0.25) is 0 Å². The van der Waals surface area contributed by atoms with Gasteiger partial charge < -0.3 is 25.9 Å². The van der Waals surface area contributed by atoms with Crippen LogP contribution in [0.1, 0.15) is 0 Å². The number of carbonyl (C=O) groups is 2. The Morgan fingerprint density at radius 2 is 0.800 bits per heavy atom. The molecule has 0 amide bonds. The zero-order chi connectivity index (χ0) is 7.15. The van der Waals surface area contributed by atoms with E-state index >= 15 is 0 Å². The van der Waals surface area contributed by atoms with E-state index in [1.807, 2.05) is 0 Å². The zero-order valence-electron chi connectivity index (χ0n) is 4.11. The van der Waals surface area contributed by atoms with Gasteiger partial charge in [0.15, 0.2) is 0 Å². The summed E-state index contributed by atoms with van der Waals surface area (Å²) >= 11 is 0. The topological polar surface area (TPSA) is 147 Å². The van der Waals surface area contributed by atoms with Gasteiger partial charge in [-0.2, -0.15) is 0 Å². The van der Waals surface area contributed by atoms with Gasteiger partial charge in [-0.15, -0.1) is 0 Å². The molecule has 0 spiro atoms. The minimum absolute atomic E-state index is 0. The van der Waals surface area contributed by atoms with Crippen molar-refractivity contribution in [3.63, 3.8) is 0 Å². The normalized spacial score (nSPS) is 4.80. The minimum atomic E-state index is -1.83. The van der Waals surface area contributed by atoms with Crippen LogP contribution in [-0.2, 0) is 0 Å². The van der Waals surface area contributed by atoms with Crippen LogP contribution in [0.4, 0.5) is 9.59 Å². The summed E-state index contributed by atoms with van der Waals surface area (Å²) in [6.07, 6.45) is -3.67. The molecule has 0 atom stereocenters. The van der Waals surface area contributed by atoms with E-state index in [9.17, 15) is 0 Å². The molecule has 58 valence electrons. The standard InChI is InChI=1S/2CH2O3.Li.H2O.H/c2*2-1(3)4;;;/h2*(H2,2,3,4);;1H2;. The maximum atomic E-state index is 8.56. The molecule has 0 bridgehead atoms. The summed E-state index contributed by atoms with van der Waals surface area (Å²) in [7, 11) is 0. The van der Waals surface area contributed by atoms with Gasteiger partial charge in [0.25, 0.3) is 0 Å². The molecule has 0 aliphatic heterocycles. The fraction of sp³-hybridized carbons (Fsp3) is 0. The second-order valence-corrected chi connectivity index (χ2v) is 0.565. The molecule has 0 saturated carbocycles. The maximum absolute atomic E-state index is 8.56. The van der Waals surface area contributed by atoms with Crippen LogP contribution in [0, 0.1) is 0 Å². The van der Waals surface area contributed by atoms with Crippen molar-refractivity contribution in [1.29, 1.82) is 0 Å². The average Bonchev–Trinajstić information content (AvgIpc) is 1.25. The molecule has 0 rings (SSSR count). The quantitative estimate of drug-likeness (QED) is 0.324. The SMILES string of the molecule is O.O=C(O)O.O=C(O)O.[LiH]. The second kappa shape index (κ2) is 15.7. The Labute approximate surface area is 67.4 Å². The Hall–Kier alpha value is -0.903. The Morgan fingerprint density at radius 1 is 0.800 bits per heavy atom. The van der Waals surface area contributed by atoms with Crippen LogP contribution in [0.15, 0.2) is 0 Å². The van der Waals surface area contributed by atoms with Crippen molar-refractivity contribution in [3.05, 3.63) is 0 Å². The van der Waals surface area contributed by atoms with E-state index in [0.717, 1.165) is 0 Å². The van der Waals surface area contributed by atoms with Crippen LogP contribution in [0.3, 0.4) is 0 Å². The molecule has 10 heavy (non-hydrogen) atoms. The molecule has 6 N–H and O–H groups in total. The molecule has 0 radical (unpaired) electrons. The van der Waals surface area contributed by atoms with Gasteiger partial charge in [-0.25, -0.2) is 9.59 Å². The second-order valence-electron chi connectivity index (χ2n) is 0.565. The van der Waals surface area contributed by atoms with Crippen molar-refractivity contribution >= 4 is 31.2 Å². The zero-order valence-corrected chi connectivity index (χ0v) is 4.11. The average molecular weight is 150 g/mol. The molecule has 0 heterocycles. The van der Waals surface area contributed by atoms with Crippen molar-refractivity contribution in [2.45, 2.75) is 0 Å². The monoisotopic (exact) mass is 150 g/mol. The molecule has 0 saturated heterocycles. The third kappa shape index (κ3) is 324. The van der Waals surface area contributed by atoms with Gasteiger partial charge in [-0.3, -0.25) is 0 Å². The van der Waals surface area contributed by atoms with Gasteiger partial charge >= 0.3 is 31.2 Å². The molecule has 0 fully saturated rings. The first-order chi connectivity index (χ1) is 3.46. The van der Waals surface area contributed by atoms with Gasteiger partial charge in [0, 0.05) is 0 Å². The van der Waals surface area contributed by atoms with Crippen molar-refractivity contribution < 1.29 is 35.5 Å².